The first kappa shape index (κ1) is 26.2. The maximum Gasteiger partial charge on any atom is 0.416 e. The number of amides is 2. The summed E-state index contributed by atoms with van der Waals surface area (Å²) in [6.45, 7) is -0.297. The van der Waals surface area contributed by atoms with Gasteiger partial charge in [0.2, 0.25) is 0 Å². The Kier molecular flexibility index (Phi) is 7.00. The lowest BCUT2D eigenvalue weighted by atomic mass is 10.1. The Hall–Kier alpha value is -3.87. The van der Waals surface area contributed by atoms with Crippen LogP contribution in [0.5, 0.6) is 5.75 Å². The second-order valence-corrected chi connectivity index (χ2v) is 9.30. The highest BCUT2D eigenvalue weighted by atomic mass is 19.4. The molecule has 0 spiro atoms. The average molecular weight is 523 g/mol. The van der Waals surface area contributed by atoms with E-state index in [1.165, 1.54) is 17.0 Å². The summed E-state index contributed by atoms with van der Waals surface area (Å²) in [7, 11) is 1.90. The molecule has 1 aromatic carbocycles. The van der Waals surface area contributed by atoms with Crippen LogP contribution in [0.15, 0.2) is 29.1 Å². The van der Waals surface area contributed by atoms with Crippen molar-refractivity contribution in [1.82, 2.24) is 14.8 Å². The quantitative estimate of drug-likeness (QED) is 0.420. The van der Waals surface area contributed by atoms with Gasteiger partial charge in [-0.1, -0.05) is 12.1 Å². The van der Waals surface area contributed by atoms with Crippen molar-refractivity contribution in [1.29, 1.82) is 0 Å². The molecule has 1 fully saturated rings. The van der Waals surface area contributed by atoms with E-state index in [1.807, 2.05) is 7.05 Å². The summed E-state index contributed by atoms with van der Waals surface area (Å²) in [5.41, 5.74) is -1.75. The highest BCUT2D eigenvalue weighted by Gasteiger charge is 2.40. The number of carbonyl (C=O) groups excluding carboxylic acids is 2. The molecule has 0 aliphatic carbocycles. The van der Waals surface area contributed by atoms with E-state index in [1.54, 1.807) is 0 Å². The van der Waals surface area contributed by atoms with Gasteiger partial charge in [-0.25, -0.2) is 0 Å². The van der Waals surface area contributed by atoms with Crippen LogP contribution in [0.25, 0.3) is 0 Å². The van der Waals surface area contributed by atoms with Gasteiger partial charge in [0, 0.05) is 24.1 Å². The zero-order valence-corrected chi connectivity index (χ0v) is 19.9. The summed E-state index contributed by atoms with van der Waals surface area (Å²) in [6, 6.07) is 3.86. The van der Waals surface area contributed by atoms with E-state index >= 15 is 0 Å². The van der Waals surface area contributed by atoms with Gasteiger partial charge in [0.15, 0.2) is 6.04 Å². The zero-order valence-electron chi connectivity index (χ0n) is 19.9. The predicted molar refractivity (Wildman–Crippen MR) is 122 cm³/mol. The van der Waals surface area contributed by atoms with E-state index < -0.39 is 47.0 Å². The van der Waals surface area contributed by atoms with Crippen LogP contribution in [0.4, 0.5) is 13.2 Å². The molecular formula is C24H26F3N4O6+. The van der Waals surface area contributed by atoms with Gasteiger partial charge in [0.1, 0.15) is 17.9 Å². The van der Waals surface area contributed by atoms with E-state index in [0.29, 0.717) is 12.0 Å². The summed E-state index contributed by atoms with van der Waals surface area (Å²) in [5, 5.41) is 21.8. The van der Waals surface area contributed by atoms with E-state index in [4.69, 9.17) is 5.11 Å². The number of carbonyl (C=O) groups is 3. The molecule has 2 aliphatic rings. The predicted octanol–water partition coefficient (Wildman–Crippen LogP) is -0.0453. The maximum atomic E-state index is 13.4. The van der Waals surface area contributed by atoms with Gasteiger partial charge in [-0.05, 0) is 17.7 Å². The highest BCUT2D eigenvalue weighted by molar-refractivity contribution is 5.98. The van der Waals surface area contributed by atoms with E-state index in [-0.39, 0.29) is 42.8 Å². The molecule has 37 heavy (non-hydrogen) atoms. The van der Waals surface area contributed by atoms with Crippen molar-refractivity contribution in [3.8, 4) is 5.75 Å². The first-order valence-electron chi connectivity index (χ1n) is 11.6. The minimum absolute atomic E-state index is 0.0294. The number of fused-ring (bicyclic) bond motifs is 1. The SMILES string of the molecule is C[NH+]1CCC[C@H]1C(=O)N1Cc2c(O)c(C(=O)NCC(=O)O)c(=O)n(Cc3ccc(C(F)(F)F)cc3)c2C1. The van der Waals surface area contributed by atoms with Crippen LogP contribution >= 0.6 is 0 Å². The Balaban J connectivity index is 1.74. The zero-order chi connectivity index (χ0) is 27.1. The van der Waals surface area contributed by atoms with Crippen molar-refractivity contribution in [3.05, 3.63) is 62.6 Å². The minimum atomic E-state index is -4.54. The number of likely N-dealkylation sites (tertiary alicyclic amines) is 1. The molecule has 1 aromatic heterocycles. The molecular weight excluding hydrogens is 497 g/mol. The van der Waals surface area contributed by atoms with Gasteiger partial charge < -0.3 is 29.9 Å². The van der Waals surface area contributed by atoms with E-state index in [2.05, 4.69) is 5.32 Å². The van der Waals surface area contributed by atoms with Crippen LogP contribution in [0.3, 0.4) is 0 Å². The van der Waals surface area contributed by atoms with Crippen LogP contribution in [-0.4, -0.2) is 63.6 Å². The molecule has 198 valence electrons. The van der Waals surface area contributed by atoms with Crippen molar-refractivity contribution in [2.45, 2.75) is 44.7 Å². The molecule has 3 heterocycles. The van der Waals surface area contributed by atoms with Crippen molar-refractivity contribution < 1.29 is 42.7 Å². The molecule has 4 N–H and O–H groups in total. The van der Waals surface area contributed by atoms with Crippen LogP contribution in [0.1, 0.15) is 45.6 Å². The number of likely N-dealkylation sites (N-methyl/N-ethyl adjacent to an activating group) is 1. The van der Waals surface area contributed by atoms with Gasteiger partial charge in [0.25, 0.3) is 17.4 Å². The van der Waals surface area contributed by atoms with Gasteiger partial charge in [0.05, 0.1) is 38.8 Å². The highest BCUT2D eigenvalue weighted by Crippen LogP contribution is 2.33. The number of halogens is 3. The number of carboxylic acid groups (broad SMARTS) is 1. The Labute approximate surface area is 208 Å². The third kappa shape index (κ3) is 5.17. The number of aromatic nitrogens is 1. The summed E-state index contributed by atoms with van der Waals surface area (Å²) in [4.78, 5) is 52.6. The first-order valence-corrected chi connectivity index (χ1v) is 11.6. The van der Waals surface area contributed by atoms with Crippen molar-refractivity contribution in [3.63, 3.8) is 0 Å². The number of alkyl halides is 3. The van der Waals surface area contributed by atoms with Gasteiger partial charge >= 0.3 is 12.1 Å². The Morgan fingerprint density at radius 2 is 1.84 bits per heavy atom. The fourth-order valence-electron chi connectivity index (χ4n) is 4.90. The van der Waals surface area contributed by atoms with Crippen LogP contribution in [-0.2, 0) is 35.4 Å². The normalized spacial score (nSPS) is 19.1. The number of nitrogens with one attached hydrogen (secondary N) is 2. The topological polar surface area (TPSA) is 133 Å². The fraction of sp³-hybridized carbons (Fsp3) is 0.417. The Morgan fingerprint density at radius 3 is 2.41 bits per heavy atom. The molecule has 1 unspecified atom stereocenters. The molecule has 2 amide bonds. The van der Waals surface area contributed by atoms with Crippen molar-refractivity contribution in [2.75, 3.05) is 20.1 Å². The van der Waals surface area contributed by atoms with Crippen LogP contribution in [0.2, 0.25) is 0 Å². The smallest absolute Gasteiger partial charge is 0.416 e. The first-order chi connectivity index (χ1) is 17.4. The number of nitrogens with zero attached hydrogens (tertiary/aromatic N) is 2. The Bertz CT molecular complexity index is 1310. The molecule has 0 radical (unpaired) electrons. The molecule has 2 aromatic rings. The van der Waals surface area contributed by atoms with Crippen LogP contribution < -0.4 is 15.8 Å². The lowest BCUT2D eigenvalue weighted by molar-refractivity contribution is -0.882. The summed E-state index contributed by atoms with van der Waals surface area (Å²) in [5.74, 6) is -3.29. The maximum absolute atomic E-state index is 13.4. The van der Waals surface area contributed by atoms with Gasteiger partial charge in [-0.2, -0.15) is 13.2 Å². The number of aliphatic carboxylic acids is 1. The molecule has 2 atom stereocenters. The fourth-order valence-corrected chi connectivity index (χ4v) is 4.90. The van der Waals surface area contributed by atoms with E-state index in [0.717, 1.165) is 34.6 Å². The third-order valence-corrected chi connectivity index (χ3v) is 6.86. The number of hydrogen-bond acceptors (Lipinski definition) is 5. The lowest BCUT2D eigenvalue weighted by Gasteiger charge is -2.22. The number of benzene rings is 1. The second-order valence-electron chi connectivity index (χ2n) is 9.30. The standard InChI is InChI=1S/C24H25F3N4O6/c1-29-8-2-3-16(29)22(36)30-11-15-17(12-30)31(10-13-4-6-14(7-5-13)24(25,26)27)23(37)19(20(15)34)21(35)28-9-18(32)33/h4-7,16,34H,2-3,8-12H2,1H3,(H,28,35)(H,32,33)/p+1/t16-/m0/s1. The second kappa shape index (κ2) is 9.88. The largest absolute Gasteiger partial charge is 0.506 e. The van der Waals surface area contributed by atoms with Crippen molar-refractivity contribution >= 4 is 17.8 Å². The molecule has 4 rings (SSSR count). The molecule has 13 heteroatoms. The molecule has 0 bridgehead atoms. The number of aromatic hydroxyl groups is 1. The monoisotopic (exact) mass is 523 g/mol. The average Bonchev–Trinajstić information content (AvgIpc) is 3.47. The lowest BCUT2D eigenvalue weighted by Crippen LogP contribution is -3.12. The molecule has 1 saturated heterocycles. The molecule has 2 aliphatic heterocycles. The molecule has 10 nitrogen and oxygen atoms in total. The number of hydrogen-bond donors (Lipinski definition) is 4. The summed E-state index contributed by atoms with van der Waals surface area (Å²) >= 11 is 0. The van der Waals surface area contributed by atoms with Crippen LogP contribution in [0, 0.1) is 0 Å². The van der Waals surface area contributed by atoms with Crippen molar-refractivity contribution in [2.24, 2.45) is 0 Å². The summed E-state index contributed by atoms with van der Waals surface area (Å²) < 4.78 is 40.1. The Morgan fingerprint density at radius 1 is 1.16 bits per heavy atom. The number of quaternary nitrogens is 1. The van der Waals surface area contributed by atoms with Gasteiger partial charge in [-0.15, -0.1) is 0 Å². The van der Waals surface area contributed by atoms with E-state index in [9.17, 15) is 37.5 Å². The van der Waals surface area contributed by atoms with Gasteiger partial charge in [-0.3, -0.25) is 19.2 Å². The molecule has 0 saturated carbocycles. The number of pyridine rings is 1. The number of rotatable bonds is 6. The minimum Gasteiger partial charge on any atom is -0.506 e. The number of carboxylic acids is 1. The summed E-state index contributed by atoms with van der Waals surface area (Å²) in [6.07, 6.45) is -2.98. The third-order valence-electron chi connectivity index (χ3n) is 6.86.